The fraction of sp³-hybridized carbons (Fsp3) is 0.500. The molecule has 0 spiro atoms. The largest absolute Gasteiger partial charge is 3.00 e. The topological polar surface area (TPSA) is 129 Å². The van der Waals surface area contributed by atoms with Crippen molar-refractivity contribution in [3.63, 3.8) is 0 Å². The van der Waals surface area contributed by atoms with Gasteiger partial charge < -0.3 is 15.4 Å². The third-order valence-corrected chi connectivity index (χ3v) is 6.29. The van der Waals surface area contributed by atoms with E-state index in [1.807, 2.05) is 24.3 Å². The van der Waals surface area contributed by atoms with E-state index in [2.05, 4.69) is 41.5 Å². The molecule has 0 saturated heterocycles. The number of aliphatic imine (C=N–C) groups is 2. The van der Waals surface area contributed by atoms with Crippen LogP contribution >= 0.6 is 0 Å². The first-order chi connectivity index (χ1) is 16.7. The molecule has 3 rings (SSSR count). The summed E-state index contributed by atoms with van der Waals surface area (Å²) in [5.74, 6) is 0.503. The van der Waals surface area contributed by atoms with Crippen molar-refractivity contribution in [3.05, 3.63) is 68.8 Å². The van der Waals surface area contributed by atoms with Crippen LogP contribution in [0, 0.1) is 10.1 Å². The SMILES string of the molecule is CC(C)(C)c1ccc(O)c(C=NC2CCCCC2N=Cc2cc(C(C)(C)C)ccc2O)c1.O=[N+]([O-])O.[Co+3]. The van der Waals surface area contributed by atoms with Gasteiger partial charge in [0.2, 0.25) is 0 Å². The molecule has 9 heteroatoms. The average Bonchev–Trinajstić information content (AvgIpc) is 2.76. The Labute approximate surface area is 229 Å². The van der Waals surface area contributed by atoms with Gasteiger partial charge in [0.05, 0.1) is 12.1 Å². The van der Waals surface area contributed by atoms with Crippen molar-refractivity contribution in [1.29, 1.82) is 0 Å². The molecule has 8 nitrogen and oxygen atoms in total. The zero-order valence-corrected chi connectivity index (χ0v) is 23.5. The van der Waals surface area contributed by atoms with Crippen LogP contribution in [0.1, 0.15) is 89.5 Å². The first-order valence-electron chi connectivity index (χ1n) is 12.2. The van der Waals surface area contributed by atoms with Crippen molar-refractivity contribution in [1.82, 2.24) is 0 Å². The van der Waals surface area contributed by atoms with Crippen LogP contribution in [0.5, 0.6) is 11.5 Å². The van der Waals surface area contributed by atoms with Gasteiger partial charge in [-0.3, -0.25) is 9.98 Å². The monoisotopic (exact) mass is 556 g/mol. The third kappa shape index (κ3) is 10.2. The summed E-state index contributed by atoms with van der Waals surface area (Å²) >= 11 is 0. The predicted octanol–water partition coefficient (Wildman–Crippen LogP) is 6.19. The Hall–Kier alpha value is -2.91. The normalized spacial score (nSPS) is 18.2. The number of nitrogens with zero attached hydrogens (tertiary/aromatic N) is 3. The zero-order chi connectivity index (χ0) is 27.1. The van der Waals surface area contributed by atoms with Crippen LogP contribution in [-0.4, -0.2) is 45.0 Å². The van der Waals surface area contributed by atoms with E-state index in [1.54, 1.807) is 24.6 Å². The quantitative estimate of drug-likeness (QED) is 0.235. The van der Waals surface area contributed by atoms with E-state index in [1.165, 1.54) is 11.1 Å². The Morgan fingerprint density at radius 3 is 1.43 bits per heavy atom. The van der Waals surface area contributed by atoms with Crippen molar-refractivity contribution >= 4 is 12.4 Å². The fourth-order valence-corrected chi connectivity index (χ4v) is 4.04. The second-order valence-corrected chi connectivity index (χ2v) is 11.3. The van der Waals surface area contributed by atoms with Gasteiger partial charge >= 0.3 is 16.8 Å². The summed E-state index contributed by atoms with van der Waals surface area (Å²) < 4.78 is 0. The first kappa shape index (κ1) is 32.1. The number of phenols is 2. The molecule has 2 unspecified atom stereocenters. The second-order valence-electron chi connectivity index (χ2n) is 11.3. The van der Waals surface area contributed by atoms with Crippen LogP contribution < -0.4 is 0 Å². The molecule has 1 fully saturated rings. The van der Waals surface area contributed by atoms with Crippen molar-refractivity contribution in [2.75, 3.05) is 0 Å². The Kier molecular flexibility index (Phi) is 11.8. The number of rotatable bonds is 4. The van der Waals surface area contributed by atoms with Gasteiger partial charge in [-0.25, -0.2) is 0 Å². The molecule has 37 heavy (non-hydrogen) atoms. The minimum Gasteiger partial charge on any atom is -0.507 e. The van der Waals surface area contributed by atoms with Gasteiger partial charge in [0.25, 0.3) is 5.09 Å². The van der Waals surface area contributed by atoms with Gasteiger partial charge in [-0.15, -0.1) is 10.1 Å². The summed E-state index contributed by atoms with van der Waals surface area (Å²) in [7, 11) is 0. The molecule has 0 bridgehead atoms. The molecule has 1 aliphatic rings. The molecule has 0 heterocycles. The molecule has 0 amide bonds. The van der Waals surface area contributed by atoms with Crippen LogP contribution in [0.2, 0.25) is 0 Å². The smallest absolute Gasteiger partial charge is 0.507 e. The minimum atomic E-state index is -1.50. The van der Waals surface area contributed by atoms with Gasteiger partial charge in [0.1, 0.15) is 11.5 Å². The molecular formula is C28H39CoN3O5+3. The molecule has 1 saturated carbocycles. The van der Waals surface area contributed by atoms with Crippen LogP contribution in [0.3, 0.4) is 0 Å². The summed E-state index contributed by atoms with van der Waals surface area (Å²) in [6.07, 6.45) is 7.83. The van der Waals surface area contributed by atoms with Crippen LogP contribution in [0.25, 0.3) is 0 Å². The van der Waals surface area contributed by atoms with Crippen LogP contribution in [-0.2, 0) is 27.6 Å². The number of hydrogen-bond acceptors (Lipinski definition) is 6. The number of phenolic OH excluding ortho intramolecular Hbond substituents is 2. The van der Waals surface area contributed by atoms with Crippen molar-refractivity contribution in [2.45, 2.75) is 90.1 Å². The number of benzene rings is 2. The van der Waals surface area contributed by atoms with E-state index in [9.17, 15) is 10.2 Å². The summed E-state index contributed by atoms with van der Waals surface area (Å²) in [6.45, 7) is 13.0. The molecule has 202 valence electrons. The van der Waals surface area contributed by atoms with E-state index < -0.39 is 5.09 Å². The van der Waals surface area contributed by atoms with Crippen LogP contribution in [0.4, 0.5) is 0 Å². The van der Waals surface area contributed by atoms with Crippen LogP contribution in [0.15, 0.2) is 46.4 Å². The second kappa shape index (κ2) is 13.6. The Morgan fingerprint density at radius 2 is 1.14 bits per heavy atom. The van der Waals surface area contributed by atoms with E-state index in [4.69, 9.17) is 25.3 Å². The van der Waals surface area contributed by atoms with Crippen molar-refractivity contribution < 1.29 is 37.3 Å². The number of hydrogen-bond donors (Lipinski definition) is 3. The Bertz CT molecular complexity index is 1020. The maximum absolute atomic E-state index is 10.3. The molecule has 0 aromatic heterocycles. The predicted molar refractivity (Wildman–Crippen MR) is 144 cm³/mol. The van der Waals surface area contributed by atoms with E-state index in [-0.39, 0.29) is 51.2 Å². The molecule has 3 N–H and O–H groups in total. The molecule has 2 aromatic rings. The summed E-state index contributed by atoms with van der Waals surface area (Å²) in [5, 5.41) is 34.3. The number of aromatic hydroxyl groups is 2. The minimum absolute atomic E-state index is 0. The standard InChI is InChI=1S/C28H38N2O2.Co.HNO3/c1-27(2,3)21-11-13-25(31)19(15-21)17-29-23-9-7-8-10-24(23)30-18-20-16-22(28(4,5)6)12-14-26(20)32;;2-1(3)4/h11-18,23-24,31-32H,7-10H2,1-6H3;;(H,2,3,4)/q;+3;. The van der Waals surface area contributed by atoms with Gasteiger partial charge in [-0.2, -0.15) is 0 Å². The van der Waals surface area contributed by atoms with Crippen molar-refractivity contribution in [2.24, 2.45) is 9.98 Å². The first-order valence-corrected chi connectivity index (χ1v) is 12.2. The van der Waals surface area contributed by atoms with E-state index in [0.717, 1.165) is 36.8 Å². The van der Waals surface area contributed by atoms with E-state index in [0.29, 0.717) is 0 Å². The molecule has 0 radical (unpaired) electrons. The average molecular weight is 557 g/mol. The molecular weight excluding hydrogens is 517 g/mol. The summed E-state index contributed by atoms with van der Waals surface area (Å²) in [6, 6.07) is 11.6. The van der Waals surface area contributed by atoms with E-state index >= 15 is 0 Å². The fourth-order valence-electron chi connectivity index (χ4n) is 4.04. The zero-order valence-electron chi connectivity index (χ0n) is 22.4. The van der Waals surface area contributed by atoms with Gasteiger partial charge in [0.15, 0.2) is 0 Å². The Balaban J connectivity index is 0.00000127. The molecule has 2 aromatic carbocycles. The third-order valence-electron chi connectivity index (χ3n) is 6.29. The van der Waals surface area contributed by atoms with Gasteiger partial charge in [-0.1, -0.05) is 66.5 Å². The Morgan fingerprint density at radius 1 is 0.811 bits per heavy atom. The maximum Gasteiger partial charge on any atom is 3.00 e. The summed E-state index contributed by atoms with van der Waals surface area (Å²) in [5.41, 5.74) is 3.87. The maximum atomic E-state index is 10.3. The summed E-state index contributed by atoms with van der Waals surface area (Å²) in [4.78, 5) is 18.1. The molecule has 2 atom stereocenters. The molecule has 0 aliphatic heterocycles. The van der Waals surface area contributed by atoms with Crippen molar-refractivity contribution in [3.8, 4) is 11.5 Å². The van der Waals surface area contributed by atoms with Gasteiger partial charge in [-0.05, 0) is 59.1 Å². The van der Waals surface area contributed by atoms with Gasteiger partial charge in [0, 0.05) is 23.6 Å². The molecule has 1 aliphatic carbocycles.